The van der Waals surface area contributed by atoms with E-state index in [0.29, 0.717) is 0 Å². The summed E-state index contributed by atoms with van der Waals surface area (Å²) in [5.74, 6) is 2.46. The molecule has 22 heavy (non-hydrogen) atoms. The number of rotatable bonds is 14. The fourth-order valence-corrected chi connectivity index (χ4v) is 2.95. The van der Waals surface area contributed by atoms with Crippen LogP contribution in [0, 0.1) is 17.8 Å². The molecule has 0 aromatic carbocycles. The Balaban J connectivity index is 3.56. The molecule has 0 radical (unpaired) electrons. The third-order valence-electron chi connectivity index (χ3n) is 4.71. The zero-order valence-corrected chi connectivity index (χ0v) is 15.5. The molecule has 0 aliphatic rings. The summed E-state index contributed by atoms with van der Waals surface area (Å²) in [6.07, 6.45) is 10.5. The van der Waals surface area contributed by atoms with Crippen molar-refractivity contribution in [1.82, 2.24) is 0 Å². The second kappa shape index (κ2) is 13.1. The van der Waals surface area contributed by atoms with Crippen LogP contribution >= 0.6 is 0 Å². The summed E-state index contributed by atoms with van der Waals surface area (Å²) < 4.78 is 0. The second-order valence-electron chi connectivity index (χ2n) is 7.71. The number of hydrogen-bond acceptors (Lipinski definition) is 2. The van der Waals surface area contributed by atoms with Crippen molar-refractivity contribution < 1.29 is 10.2 Å². The van der Waals surface area contributed by atoms with Gasteiger partial charge in [0, 0.05) is 0 Å². The maximum Gasteiger partial charge on any atom is 0.0978 e. The smallest absolute Gasteiger partial charge is 0.0978 e. The minimum absolute atomic E-state index is 0.205. The lowest BCUT2D eigenvalue weighted by molar-refractivity contribution is 0.119. The summed E-state index contributed by atoms with van der Waals surface area (Å²) >= 11 is 0. The van der Waals surface area contributed by atoms with Crippen molar-refractivity contribution in [2.45, 2.75) is 91.6 Å². The Kier molecular flexibility index (Phi) is 12.9. The minimum Gasteiger partial charge on any atom is -0.393 e. The zero-order valence-electron chi connectivity index (χ0n) is 15.5. The SMILES string of the molecule is C=C(CCC[C@H](C)CCC[C@H](C)CCCC(C)C)[C@@H](O)CO. The van der Waals surface area contributed by atoms with E-state index in [4.69, 9.17) is 5.11 Å². The van der Waals surface area contributed by atoms with Crippen LogP contribution in [-0.4, -0.2) is 22.9 Å². The third-order valence-corrected chi connectivity index (χ3v) is 4.71. The summed E-state index contributed by atoms with van der Waals surface area (Å²) in [6.45, 7) is 13.0. The van der Waals surface area contributed by atoms with Crippen LogP contribution in [-0.2, 0) is 0 Å². The molecular formula is C20H40O2. The lowest BCUT2D eigenvalue weighted by Crippen LogP contribution is -2.14. The molecule has 2 N–H and O–H groups in total. The number of hydrogen-bond donors (Lipinski definition) is 2. The third kappa shape index (κ3) is 12.2. The standard InChI is InChI=1S/C20H40O2/c1-16(2)9-6-10-17(3)11-7-12-18(4)13-8-14-19(5)20(22)15-21/h16-18,20-22H,5-15H2,1-4H3/t17-,18-,20+/m1/s1. The van der Waals surface area contributed by atoms with E-state index >= 15 is 0 Å². The summed E-state index contributed by atoms with van der Waals surface area (Å²) in [7, 11) is 0. The van der Waals surface area contributed by atoms with Crippen molar-refractivity contribution in [3.8, 4) is 0 Å². The molecule has 132 valence electrons. The molecule has 0 aliphatic heterocycles. The van der Waals surface area contributed by atoms with Crippen molar-refractivity contribution in [2.75, 3.05) is 6.61 Å². The van der Waals surface area contributed by atoms with Gasteiger partial charge in [0.25, 0.3) is 0 Å². The van der Waals surface area contributed by atoms with Gasteiger partial charge in [-0.25, -0.2) is 0 Å². The lowest BCUT2D eigenvalue weighted by Gasteiger charge is -2.16. The van der Waals surface area contributed by atoms with E-state index in [0.717, 1.165) is 36.2 Å². The maximum atomic E-state index is 9.45. The fraction of sp³-hybridized carbons (Fsp3) is 0.900. The van der Waals surface area contributed by atoms with Gasteiger partial charge in [0.2, 0.25) is 0 Å². The summed E-state index contributed by atoms with van der Waals surface area (Å²) in [5, 5.41) is 18.3. The molecule has 0 rings (SSSR count). The van der Waals surface area contributed by atoms with E-state index in [2.05, 4.69) is 34.3 Å². The monoisotopic (exact) mass is 312 g/mol. The predicted octanol–water partition coefficient (Wildman–Crippen LogP) is 5.33. The molecule has 0 unspecified atom stereocenters. The minimum atomic E-state index is -0.734. The average Bonchev–Trinajstić information content (AvgIpc) is 2.45. The molecule has 0 aromatic rings. The molecule has 0 fully saturated rings. The highest BCUT2D eigenvalue weighted by molar-refractivity contribution is 5.01. The van der Waals surface area contributed by atoms with Gasteiger partial charge in [-0.1, -0.05) is 79.2 Å². The van der Waals surface area contributed by atoms with Crippen molar-refractivity contribution in [3.05, 3.63) is 12.2 Å². The number of aliphatic hydroxyl groups is 2. The van der Waals surface area contributed by atoms with E-state index in [-0.39, 0.29) is 6.61 Å². The first-order valence-electron chi connectivity index (χ1n) is 9.33. The molecule has 0 amide bonds. The van der Waals surface area contributed by atoms with E-state index in [1.165, 1.54) is 44.9 Å². The van der Waals surface area contributed by atoms with Gasteiger partial charge in [-0.2, -0.15) is 0 Å². The average molecular weight is 313 g/mol. The van der Waals surface area contributed by atoms with Crippen LogP contribution < -0.4 is 0 Å². The Hall–Kier alpha value is -0.340. The molecule has 2 nitrogen and oxygen atoms in total. The summed E-state index contributed by atoms with van der Waals surface area (Å²) in [6, 6.07) is 0. The van der Waals surface area contributed by atoms with Crippen molar-refractivity contribution in [1.29, 1.82) is 0 Å². The Morgan fingerprint density at radius 2 is 1.27 bits per heavy atom. The molecule has 0 aromatic heterocycles. The van der Waals surface area contributed by atoms with Gasteiger partial charge >= 0.3 is 0 Å². The fourth-order valence-electron chi connectivity index (χ4n) is 2.95. The van der Waals surface area contributed by atoms with Crippen LogP contribution in [0.4, 0.5) is 0 Å². The highest BCUT2D eigenvalue weighted by Gasteiger charge is 2.09. The van der Waals surface area contributed by atoms with Crippen molar-refractivity contribution in [3.63, 3.8) is 0 Å². The Morgan fingerprint density at radius 1 is 0.818 bits per heavy atom. The van der Waals surface area contributed by atoms with Crippen LogP contribution in [0.15, 0.2) is 12.2 Å². The molecule has 0 saturated heterocycles. The van der Waals surface area contributed by atoms with Crippen LogP contribution in [0.5, 0.6) is 0 Å². The van der Waals surface area contributed by atoms with Crippen molar-refractivity contribution in [2.24, 2.45) is 17.8 Å². The Bertz CT molecular complexity index is 273. The van der Waals surface area contributed by atoms with Gasteiger partial charge in [0.1, 0.15) is 0 Å². The maximum absolute atomic E-state index is 9.45. The molecule has 0 heterocycles. The highest BCUT2D eigenvalue weighted by atomic mass is 16.3. The first-order valence-corrected chi connectivity index (χ1v) is 9.33. The van der Waals surface area contributed by atoms with Crippen LogP contribution in [0.25, 0.3) is 0 Å². The van der Waals surface area contributed by atoms with Gasteiger partial charge in [-0.15, -0.1) is 0 Å². The summed E-state index contributed by atoms with van der Waals surface area (Å²) in [5.41, 5.74) is 0.772. The van der Waals surface area contributed by atoms with Crippen LogP contribution in [0.1, 0.15) is 85.5 Å². The molecule has 0 spiro atoms. The highest BCUT2D eigenvalue weighted by Crippen LogP contribution is 2.22. The zero-order chi connectivity index (χ0) is 17.0. The Morgan fingerprint density at radius 3 is 1.73 bits per heavy atom. The topological polar surface area (TPSA) is 40.5 Å². The quantitative estimate of drug-likeness (QED) is 0.425. The van der Waals surface area contributed by atoms with E-state index in [1.807, 2.05) is 0 Å². The predicted molar refractivity (Wildman–Crippen MR) is 97.0 cm³/mol. The molecule has 0 bridgehead atoms. The van der Waals surface area contributed by atoms with Gasteiger partial charge in [-0.05, 0) is 36.2 Å². The normalized spacial score (nSPS) is 15.8. The molecule has 0 aliphatic carbocycles. The van der Waals surface area contributed by atoms with Crippen LogP contribution in [0.3, 0.4) is 0 Å². The van der Waals surface area contributed by atoms with E-state index in [1.54, 1.807) is 0 Å². The largest absolute Gasteiger partial charge is 0.393 e. The van der Waals surface area contributed by atoms with E-state index in [9.17, 15) is 5.11 Å². The molecular weight excluding hydrogens is 272 g/mol. The first-order chi connectivity index (χ1) is 10.4. The van der Waals surface area contributed by atoms with E-state index < -0.39 is 6.10 Å². The van der Waals surface area contributed by atoms with Gasteiger partial charge in [0.15, 0.2) is 0 Å². The van der Waals surface area contributed by atoms with Gasteiger partial charge in [0.05, 0.1) is 12.7 Å². The van der Waals surface area contributed by atoms with Gasteiger partial charge in [-0.3, -0.25) is 0 Å². The van der Waals surface area contributed by atoms with Crippen molar-refractivity contribution >= 4 is 0 Å². The molecule has 3 atom stereocenters. The van der Waals surface area contributed by atoms with Crippen LogP contribution in [0.2, 0.25) is 0 Å². The Labute approximate surface area is 139 Å². The summed E-state index contributed by atoms with van der Waals surface area (Å²) in [4.78, 5) is 0. The number of aliphatic hydroxyl groups excluding tert-OH is 2. The molecule has 0 saturated carbocycles. The van der Waals surface area contributed by atoms with Gasteiger partial charge < -0.3 is 10.2 Å². The molecule has 2 heteroatoms. The lowest BCUT2D eigenvalue weighted by atomic mass is 9.91. The first kappa shape index (κ1) is 21.7. The second-order valence-corrected chi connectivity index (χ2v) is 7.71.